The van der Waals surface area contributed by atoms with Gasteiger partial charge in [-0.15, -0.1) is 12.6 Å². The van der Waals surface area contributed by atoms with Crippen molar-refractivity contribution in [1.82, 2.24) is 9.97 Å². The van der Waals surface area contributed by atoms with Crippen LogP contribution in [0.1, 0.15) is 5.82 Å². The molecule has 0 spiro atoms. The van der Waals surface area contributed by atoms with Crippen LogP contribution >= 0.6 is 19.9 Å². The fourth-order valence-electron chi connectivity index (χ4n) is 3.66. The van der Waals surface area contributed by atoms with Crippen molar-refractivity contribution in [3.8, 4) is 0 Å². The van der Waals surface area contributed by atoms with Gasteiger partial charge in [0.25, 0.3) is 5.56 Å². The number of rotatable bonds is 4. The lowest BCUT2D eigenvalue weighted by Crippen LogP contribution is -2.46. The molecule has 1 heterocycles. The van der Waals surface area contributed by atoms with Crippen molar-refractivity contribution in [2.24, 2.45) is 0 Å². The van der Waals surface area contributed by atoms with Gasteiger partial charge >= 0.3 is 0 Å². The van der Waals surface area contributed by atoms with Gasteiger partial charge < -0.3 is 4.98 Å². The Morgan fingerprint density at radius 3 is 1.50 bits per heavy atom. The van der Waals surface area contributed by atoms with Crippen molar-refractivity contribution >= 4 is 41.1 Å². The van der Waals surface area contributed by atoms with Crippen LogP contribution in [0.3, 0.4) is 0 Å². The molecule has 1 N–H and O–H groups in total. The number of aromatic amines is 1. The molecule has 0 saturated carbocycles. The first-order valence-corrected chi connectivity index (χ1v) is 11.2. The van der Waals surface area contributed by atoms with E-state index in [4.69, 9.17) is 0 Å². The Labute approximate surface area is 170 Å². The second kappa shape index (κ2) is 7.75. The molecule has 0 amide bonds. The van der Waals surface area contributed by atoms with E-state index >= 15 is 0 Å². The highest BCUT2D eigenvalue weighted by atomic mass is 32.1. The van der Waals surface area contributed by atoms with E-state index in [1.807, 2.05) is 54.6 Å². The van der Waals surface area contributed by atoms with E-state index in [1.54, 1.807) is 6.92 Å². The number of nitrogens with zero attached hydrogens (tertiary/aromatic N) is 1. The molecule has 28 heavy (non-hydrogen) atoms. The molecule has 0 radical (unpaired) electrons. The van der Waals surface area contributed by atoms with Crippen LogP contribution in [0.2, 0.25) is 0 Å². The number of H-pyrrole nitrogens is 1. The van der Waals surface area contributed by atoms with Crippen LogP contribution in [0.15, 0.2) is 101 Å². The van der Waals surface area contributed by atoms with Gasteiger partial charge in [0.15, 0.2) is 7.26 Å². The molecular formula is C23H20N2OPS+. The molecule has 0 saturated heterocycles. The van der Waals surface area contributed by atoms with Gasteiger partial charge in [0, 0.05) is 0 Å². The van der Waals surface area contributed by atoms with Crippen LogP contribution in [-0.2, 0) is 0 Å². The highest BCUT2D eigenvalue weighted by Crippen LogP contribution is 2.54. The number of hydrogen-bond acceptors (Lipinski definition) is 3. The van der Waals surface area contributed by atoms with Crippen molar-refractivity contribution in [2.45, 2.75) is 11.9 Å². The van der Waals surface area contributed by atoms with Gasteiger partial charge in [-0.3, -0.25) is 4.79 Å². The molecule has 0 bridgehead atoms. The molecule has 0 unspecified atom stereocenters. The number of hydrogen-bond donors (Lipinski definition) is 2. The topological polar surface area (TPSA) is 45.8 Å². The third kappa shape index (κ3) is 3.09. The maximum absolute atomic E-state index is 13.3. The number of aryl methyl sites for hydroxylation is 1. The summed E-state index contributed by atoms with van der Waals surface area (Å²) < 4.78 is 0. The lowest BCUT2D eigenvalue weighted by atomic mass is 10.4. The maximum Gasteiger partial charge on any atom is 0.295 e. The zero-order chi connectivity index (χ0) is 19.6. The first kappa shape index (κ1) is 18.7. The Morgan fingerprint density at radius 1 is 0.750 bits per heavy atom. The van der Waals surface area contributed by atoms with Crippen LogP contribution in [0.25, 0.3) is 0 Å². The Kier molecular flexibility index (Phi) is 5.17. The first-order chi connectivity index (χ1) is 13.6. The minimum absolute atomic E-state index is 0.137. The Bertz CT molecular complexity index is 1050. The fraction of sp³-hybridized carbons (Fsp3) is 0.0435. The van der Waals surface area contributed by atoms with Gasteiger partial charge in [0.05, 0.1) is 0 Å². The van der Waals surface area contributed by atoms with E-state index < -0.39 is 7.26 Å². The van der Waals surface area contributed by atoms with Crippen molar-refractivity contribution in [1.29, 1.82) is 0 Å². The molecular weight excluding hydrogens is 383 g/mol. The van der Waals surface area contributed by atoms with E-state index in [0.29, 0.717) is 16.2 Å². The molecule has 3 aromatic carbocycles. The van der Waals surface area contributed by atoms with E-state index in [9.17, 15) is 4.79 Å². The summed E-state index contributed by atoms with van der Waals surface area (Å²) in [5.41, 5.74) is -0.137. The smallest absolute Gasteiger partial charge is 0.295 e. The second-order valence-corrected chi connectivity index (χ2v) is 10.3. The Morgan fingerprint density at radius 2 is 1.14 bits per heavy atom. The van der Waals surface area contributed by atoms with Crippen molar-refractivity contribution in [2.75, 3.05) is 0 Å². The van der Waals surface area contributed by atoms with Gasteiger partial charge in [-0.05, 0) is 43.3 Å². The van der Waals surface area contributed by atoms with Gasteiger partial charge in [-0.25, -0.2) is 4.98 Å². The summed E-state index contributed by atoms with van der Waals surface area (Å²) in [5.74, 6) is 0.561. The number of aromatic nitrogens is 2. The highest BCUT2D eigenvalue weighted by molar-refractivity contribution is 8.02. The number of thiol groups is 1. The van der Waals surface area contributed by atoms with Crippen LogP contribution in [-0.4, -0.2) is 9.97 Å². The molecule has 5 heteroatoms. The SMILES string of the molecule is Cc1nc(S)c([P+](c2ccccc2)(c2ccccc2)c2ccccc2)c(=O)[nH]1. The summed E-state index contributed by atoms with van der Waals surface area (Å²) in [7, 11) is -2.48. The predicted octanol–water partition coefficient (Wildman–Crippen LogP) is 2.99. The first-order valence-electron chi connectivity index (χ1n) is 9.00. The zero-order valence-electron chi connectivity index (χ0n) is 15.4. The molecule has 0 fully saturated rings. The molecule has 0 atom stereocenters. The Balaban J connectivity index is 2.23. The molecule has 3 nitrogen and oxygen atoms in total. The summed E-state index contributed by atoms with van der Waals surface area (Å²) >= 11 is 4.68. The van der Waals surface area contributed by atoms with Gasteiger partial charge in [0.2, 0.25) is 5.30 Å². The Hall–Kier alpha value is -2.68. The lowest BCUT2D eigenvalue weighted by Gasteiger charge is -2.27. The number of benzene rings is 3. The van der Waals surface area contributed by atoms with E-state index in [2.05, 4.69) is 59.0 Å². The van der Waals surface area contributed by atoms with Crippen LogP contribution < -0.4 is 26.8 Å². The molecule has 4 aromatic rings. The minimum Gasteiger partial charge on any atom is -0.307 e. The van der Waals surface area contributed by atoms with Crippen LogP contribution in [0.4, 0.5) is 0 Å². The summed E-state index contributed by atoms with van der Waals surface area (Å²) in [5, 5.41) is 4.40. The van der Waals surface area contributed by atoms with Crippen molar-refractivity contribution < 1.29 is 0 Å². The monoisotopic (exact) mass is 403 g/mol. The van der Waals surface area contributed by atoms with E-state index in [1.165, 1.54) is 0 Å². The maximum atomic E-state index is 13.3. The minimum atomic E-state index is -2.48. The van der Waals surface area contributed by atoms with Gasteiger partial charge in [-0.1, -0.05) is 54.6 Å². The average Bonchev–Trinajstić information content (AvgIpc) is 2.72. The molecule has 4 rings (SSSR count). The summed E-state index contributed by atoms with van der Waals surface area (Å²) in [4.78, 5) is 20.7. The van der Waals surface area contributed by atoms with Crippen molar-refractivity contribution in [3.63, 3.8) is 0 Å². The molecule has 138 valence electrons. The van der Waals surface area contributed by atoms with Crippen LogP contribution in [0.5, 0.6) is 0 Å². The molecule has 0 aliphatic rings. The summed E-state index contributed by atoms with van der Waals surface area (Å²) in [6, 6.07) is 30.7. The third-order valence-corrected chi connectivity index (χ3v) is 9.56. The zero-order valence-corrected chi connectivity index (χ0v) is 17.2. The third-order valence-electron chi connectivity index (χ3n) is 4.76. The molecule has 0 aliphatic heterocycles. The molecule has 0 aliphatic carbocycles. The fourth-order valence-corrected chi connectivity index (χ4v) is 8.60. The lowest BCUT2D eigenvalue weighted by molar-refractivity contribution is 0.964. The van der Waals surface area contributed by atoms with Gasteiger partial charge in [0.1, 0.15) is 26.8 Å². The summed E-state index contributed by atoms with van der Waals surface area (Å²) in [6.07, 6.45) is 0. The van der Waals surface area contributed by atoms with E-state index in [-0.39, 0.29) is 5.56 Å². The largest absolute Gasteiger partial charge is 0.307 e. The summed E-state index contributed by atoms with van der Waals surface area (Å²) in [6.45, 7) is 1.78. The normalized spacial score (nSPS) is 11.4. The molecule has 1 aromatic heterocycles. The van der Waals surface area contributed by atoms with Gasteiger partial charge in [-0.2, -0.15) is 0 Å². The van der Waals surface area contributed by atoms with E-state index in [0.717, 1.165) is 15.9 Å². The highest BCUT2D eigenvalue weighted by Gasteiger charge is 2.51. The second-order valence-electron chi connectivity index (χ2n) is 6.50. The average molecular weight is 403 g/mol. The number of nitrogens with one attached hydrogen (secondary N) is 1. The quantitative estimate of drug-likeness (QED) is 0.313. The van der Waals surface area contributed by atoms with Crippen LogP contribution in [0, 0.1) is 6.92 Å². The predicted molar refractivity (Wildman–Crippen MR) is 122 cm³/mol. The standard InChI is InChI=1S/C23H19N2OPS/c1-17-24-22(26)21(23(28)25-17)27(18-11-5-2-6-12-18,19-13-7-3-8-14-19)20-15-9-4-10-16-20/h2-16H,1H3,(H-,24,25,26,28)/p+1. The van der Waals surface area contributed by atoms with Crippen molar-refractivity contribution in [3.05, 3.63) is 107 Å².